The molecule has 0 heterocycles. The monoisotopic (exact) mass is 301 g/mol. The molecule has 116 valence electrons. The lowest BCUT2D eigenvalue weighted by atomic mass is 10.1. The molecule has 0 bridgehead atoms. The number of carbonyl (C=O) groups is 3. The van der Waals surface area contributed by atoms with Gasteiger partial charge in [-0.25, -0.2) is 0 Å². The second-order valence-electron chi connectivity index (χ2n) is 4.70. The highest BCUT2D eigenvalue weighted by Crippen LogP contribution is 2.04. The molecule has 0 fully saturated rings. The number of hydrogen-bond acceptors (Lipinski definition) is 4. The number of methoxy groups -OCH3 is 1. The number of amides is 1. The van der Waals surface area contributed by atoms with Crippen molar-refractivity contribution >= 4 is 17.7 Å². The van der Waals surface area contributed by atoms with Crippen molar-refractivity contribution in [3.63, 3.8) is 0 Å². The fraction of sp³-hybridized carbons (Fsp3) is 0.353. The number of esters is 1. The Bertz CT molecular complexity index is 611. The summed E-state index contributed by atoms with van der Waals surface area (Å²) in [6.45, 7) is 1.39. The normalized spacial score (nSPS) is 9.36. The van der Waals surface area contributed by atoms with Gasteiger partial charge in [0.25, 0.3) is 5.91 Å². The summed E-state index contributed by atoms with van der Waals surface area (Å²) in [6, 6.07) is 6.83. The van der Waals surface area contributed by atoms with E-state index in [1.165, 1.54) is 7.11 Å². The van der Waals surface area contributed by atoms with Crippen LogP contribution in [0.3, 0.4) is 0 Å². The number of nitrogens with one attached hydrogen (secondary N) is 1. The SMILES string of the molecule is COC(=O)CNC(=O)c1cccc(C#CCCCC(C)=O)c1. The Labute approximate surface area is 130 Å². The largest absolute Gasteiger partial charge is 0.468 e. The third-order valence-electron chi connectivity index (χ3n) is 2.81. The molecule has 0 saturated heterocycles. The van der Waals surface area contributed by atoms with Gasteiger partial charge in [-0.15, -0.1) is 0 Å². The van der Waals surface area contributed by atoms with E-state index in [-0.39, 0.29) is 18.2 Å². The van der Waals surface area contributed by atoms with Crippen molar-refractivity contribution in [2.75, 3.05) is 13.7 Å². The van der Waals surface area contributed by atoms with Crippen LogP contribution in [0.1, 0.15) is 42.1 Å². The van der Waals surface area contributed by atoms with E-state index >= 15 is 0 Å². The number of hydrogen-bond donors (Lipinski definition) is 1. The van der Waals surface area contributed by atoms with Crippen molar-refractivity contribution in [2.45, 2.75) is 26.2 Å². The van der Waals surface area contributed by atoms with Crippen LogP contribution in [0.2, 0.25) is 0 Å². The van der Waals surface area contributed by atoms with Gasteiger partial charge < -0.3 is 14.8 Å². The number of unbranched alkanes of at least 4 members (excludes halogenated alkanes) is 1. The first-order valence-corrected chi connectivity index (χ1v) is 6.96. The summed E-state index contributed by atoms with van der Waals surface area (Å²) in [5.74, 6) is 5.23. The van der Waals surface area contributed by atoms with Crippen LogP contribution >= 0.6 is 0 Å². The average molecular weight is 301 g/mol. The summed E-state index contributed by atoms with van der Waals surface area (Å²) in [6.07, 6.45) is 1.91. The maximum absolute atomic E-state index is 11.9. The van der Waals surface area contributed by atoms with Gasteiger partial charge in [0.1, 0.15) is 12.3 Å². The molecule has 1 N–H and O–H groups in total. The third-order valence-corrected chi connectivity index (χ3v) is 2.81. The van der Waals surface area contributed by atoms with Crippen LogP contribution in [0.5, 0.6) is 0 Å². The number of ketones is 1. The lowest BCUT2D eigenvalue weighted by Gasteiger charge is -2.04. The fourth-order valence-corrected chi connectivity index (χ4v) is 1.66. The van der Waals surface area contributed by atoms with Crippen molar-refractivity contribution in [1.29, 1.82) is 0 Å². The maximum Gasteiger partial charge on any atom is 0.325 e. The number of rotatable bonds is 6. The second-order valence-corrected chi connectivity index (χ2v) is 4.70. The van der Waals surface area contributed by atoms with Crippen molar-refractivity contribution in [3.8, 4) is 11.8 Å². The summed E-state index contributed by atoms with van der Waals surface area (Å²) in [5.41, 5.74) is 1.15. The number of carbonyl (C=O) groups excluding carboxylic acids is 3. The van der Waals surface area contributed by atoms with Crippen molar-refractivity contribution in [1.82, 2.24) is 5.32 Å². The molecule has 5 nitrogen and oxygen atoms in total. The standard InChI is InChI=1S/C17H19NO4/c1-13(19)7-4-3-5-8-14-9-6-10-15(11-14)17(21)18-12-16(20)22-2/h6,9-11H,3-4,7,12H2,1-2H3,(H,18,21). The van der Waals surface area contributed by atoms with E-state index in [2.05, 4.69) is 21.9 Å². The van der Waals surface area contributed by atoms with Gasteiger partial charge in [0.2, 0.25) is 0 Å². The Kier molecular flexibility index (Phi) is 7.41. The van der Waals surface area contributed by atoms with E-state index in [1.54, 1.807) is 31.2 Å². The molecular formula is C17H19NO4. The van der Waals surface area contributed by atoms with Crippen LogP contribution in [-0.2, 0) is 14.3 Å². The lowest BCUT2D eigenvalue weighted by molar-refractivity contribution is -0.139. The molecule has 0 spiro atoms. The number of Topliss-reactive ketones (excluding diaryl/α,β-unsaturated/α-hetero) is 1. The first-order valence-electron chi connectivity index (χ1n) is 6.96. The Morgan fingerprint density at radius 2 is 2.05 bits per heavy atom. The predicted octanol–water partition coefficient (Wildman–Crippen LogP) is 1.70. The summed E-state index contributed by atoms with van der Waals surface area (Å²) in [4.78, 5) is 33.6. The van der Waals surface area contributed by atoms with Gasteiger partial charge in [0.15, 0.2) is 0 Å². The first-order chi connectivity index (χ1) is 10.5. The van der Waals surface area contributed by atoms with E-state index in [1.807, 2.05) is 0 Å². The van der Waals surface area contributed by atoms with E-state index in [0.29, 0.717) is 24.0 Å². The highest BCUT2D eigenvalue weighted by atomic mass is 16.5. The Balaban J connectivity index is 2.58. The molecule has 0 aliphatic carbocycles. The third kappa shape index (κ3) is 6.71. The minimum absolute atomic E-state index is 0.158. The van der Waals surface area contributed by atoms with Crippen LogP contribution < -0.4 is 5.32 Å². The Hall–Kier alpha value is -2.61. The quantitative estimate of drug-likeness (QED) is 0.493. The minimum Gasteiger partial charge on any atom is -0.468 e. The zero-order valence-corrected chi connectivity index (χ0v) is 12.8. The maximum atomic E-state index is 11.9. The molecule has 5 heteroatoms. The Morgan fingerprint density at radius 3 is 2.73 bits per heavy atom. The fourth-order valence-electron chi connectivity index (χ4n) is 1.66. The summed E-state index contributed by atoms with van der Waals surface area (Å²) >= 11 is 0. The Morgan fingerprint density at radius 1 is 1.27 bits per heavy atom. The van der Waals surface area contributed by atoms with Gasteiger partial charge in [-0.2, -0.15) is 0 Å². The molecular weight excluding hydrogens is 282 g/mol. The van der Waals surface area contributed by atoms with Gasteiger partial charge >= 0.3 is 5.97 Å². The lowest BCUT2D eigenvalue weighted by Crippen LogP contribution is -2.30. The molecule has 1 aromatic carbocycles. The summed E-state index contributed by atoms with van der Waals surface area (Å²) in [5, 5.41) is 2.47. The highest BCUT2D eigenvalue weighted by Gasteiger charge is 2.07. The molecule has 0 aliphatic rings. The molecule has 0 radical (unpaired) electrons. The molecule has 0 aromatic heterocycles. The van der Waals surface area contributed by atoms with Crippen LogP contribution in [0.15, 0.2) is 24.3 Å². The smallest absolute Gasteiger partial charge is 0.325 e. The minimum atomic E-state index is -0.505. The molecule has 1 rings (SSSR count). The van der Waals surface area contributed by atoms with Crippen LogP contribution in [0, 0.1) is 11.8 Å². The number of benzene rings is 1. The highest BCUT2D eigenvalue weighted by molar-refractivity contribution is 5.96. The van der Waals surface area contributed by atoms with Crippen LogP contribution in [0.4, 0.5) is 0 Å². The summed E-state index contributed by atoms with van der Waals surface area (Å²) in [7, 11) is 1.26. The second kappa shape index (κ2) is 9.35. The zero-order valence-electron chi connectivity index (χ0n) is 12.8. The molecule has 0 saturated carbocycles. The van der Waals surface area contributed by atoms with Gasteiger partial charge in [0, 0.05) is 24.0 Å². The van der Waals surface area contributed by atoms with Gasteiger partial charge in [-0.3, -0.25) is 9.59 Å². The molecule has 0 aliphatic heterocycles. The zero-order chi connectivity index (χ0) is 16.4. The van der Waals surface area contributed by atoms with Crippen molar-refractivity contribution in [3.05, 3.63) is 35.4 Å². The van der Waals surface area contributed by atoms with Gasteiger partial charge in [0.05, 0.1) is 7.11 Å². The molecule has 1 amide bonds. The van der Waals surface area contributed by atoms with E-state index in [4.69, 9.17) is 0 Å². The molecule has 0 atom stereocenters. The van der Waals surface area contributed by atoms with Crippen LogP contribution in [0.25, 0.3) is 0 Å². The molecule has 22 heavy (non-hydrogen) atoms. The van der Waals surface area contributed by atoms with E-state index in [9.17, 15) is 14.4 Å². The van der Waals surface area contributed by atoms with E-state index in [0.717, 1.165) is 6.42 Å². The van der Waals surface area contributed by atoms with Crippen molar-refractivity contribution < 1.29 is 19.1 Å². The molecule has 0 unspecified atom stereocenters. The van der Waals surface area contributed by atoms with Gasteiger partial charge in [-0.05, 0) is 31.5 Å². The summed E-state index contributed by atoms with van der Waals surface area (Å²) < 4.78 is 4.45. The molecule has 1 aromatic rings. The first kappa shape index (κ1) is 17.4. The number of ether oxygens (including phenoxy) is 1. The van der Waals surface area contributed by atoms with Crippen LogP contribution in [-0.4, -0.2) is 31.3 Å². The average Bonchev–Trinajstić information content (AvgIpc) is 2.51. The van der Waals surface area contributed by atoms with E-state index < -0.39 is 5.97 Å². The van der Waals surface area contributed by atoms with Gasteiger partial charge in [-0.1, -0.05) is 17.9 Å². The predicted molar refractivity (Wildman–Crippen MR) is 82.2 cm³/mol. The van der Waals surface area contributed by atoms with Crippen molar-refractivity contribution in [2.24, 2.45) is 0 Å². The topological polar surface area (TPSA) is 72.5 Å².